The first-order valence-corrected chi connectivity index (χ1v) is 5.40. The molecule has 0 amide bonds. The lowest BCUT2D eigenvalue weighted by atomic mass is 10.0. The fraction of sp³-hybridized carbons (Fsp3) is 1.00. The van der Waals surface area contributed by atoms with Crippen LogP contribution in [0.3, 0.4) is 0 Å². The van der Waals surface area contributed by atoms with Crippen LogP contribution in [0.25, 0.3) is 0 Å². The number of hydrogen-bond donors (Lipinski definition) is 1. The molecule has 1 aliphatic heterocycles. The molecule has 0 bridgehead atoms. The van der Waals surface area contributed by atoms with E-state index in [2.05, 4.69) is 20.8 Å². The van der Waals surface area contributed by atoms with Gasteiger partial charge in [0.15, 0.2) is 0 Å². The van der Waals surface area contributed by atoms with Gasteiger partial charge in [0.25, 0.3) is 0 Å². The third-order valence-corrected chi connectivity index (χ3v) is 3.76. The first-order valence-electron chi connectivity index (χ1n) is 4.46. The van der Waals surface area contributed by atoms with Crippen LogP contribution in [0.5, 0.6) is 0 Å². The third-order valence-electron chi connectivity index (χ3n) is 2.19. The zero-order valence-corrected chi connectivity index (χ0v) is 8.98. The minimum absolute atomic E-state index is 0.0787. The highest BCUT2D eigenvalue weighted by atomic mass is 32.2. The van der Waals surface area contributed by atoms with Crippen LogP contribution in [0.15, 0.2) is 0 Å². The van der Waals surface area contributed by atoms with Crippen molar-refractivity contribution >= 4 is 11.8 Å². The van der Waals surface area contributed by atoms with Crippen molar-refractivity contribution in [2.45, 2.75) is 51.2 Å². The predicted octanol–water partition coefficient (Wildman–Crippen LogP) is 2.53. The van der Waals surface area contributed by atoms with E-state index in [1.165, 1.54) is 0 Å². The van der Waals surface area contributed by atoms with Gasteiger partial charge in [-0.05, 0) is 5.92 Å². The van der Waals surface area contributed by atoms with Gasteiger partial charge >= 0.3 is 0 Å². The maximum Gasteiger partial charge on any atom is 0.0692 e. The summed E-state index contributed by atoms with van der Waals surface area (Å²) in [6, 6.07) is 0. The maximum atomic E-state index is 9.42. The molecule has 0 aromatic heterocycles. The van der Waals surface area contributed by atoms with Gasteiger partial charge in [0.05, 0.1) is 6.10 Å². The summed E-state index contributed by atoms with van der Waals surface area (Å²) >= 11 is 1.89. The second-order valence-corrected chi connectivity index (χ2v) is 4.66. The minimum atomic E-state index is -0.0787. The number of rotatable bonds is 0. The molecule has 1 rings (SSSR count). The summed E-state index contributed by atoms with van der Waals surface area (Å²) in [4.78, 5) is 0. The fourth-order valence-corrected chi connectivity index (χ4v) is 2.74. The van der Waals surface area contributed by atoms with Gasteiger partial charge in [0, 0.05) is 10.5 Å². The zero-order chi connectivity index (χ0) is 9.02. The van der Waals surface area contributed by atoms with Gasteiger partial charge in [-0.15, -0.1) is 0 Å². The van der Waals surface area contributed by atoms with Crippen molar-refractivity contribution < 1.29 is 5.11 Å². The Hall–Kier alpha value is 0.310. The van der Waals surface area contributed by atoms with Crippen LogP contribution in [0.1, 0.15) is 34.6 Å². The van der Waals surface area contributed by atoms with E-state index in [1.54, 1.807) is 0 Å². The van der Waals surface area contributed by atoms with Crippen molar-refractivity contribution in [2.75, 3.05) is 0 Å². The van der Waals surface area contributed by atoms with E-state index in [4.69, 9.17) is 0 Å². The Morgan fingerprint density at radius 2 is 1.45 bits per heavy atom. The normalized spacial score (nSPS) is 43.1. The van der Waals surface area contributed by atoms with Crippen LogP contribution in [0.2, 0.25) is 0 Å². The SMILES string of the molecule is CC.CC1SC(C)C(O)C1C. The van der Waals surface area contributed by atoms with Crippen LogP contribution in [0, 0.1) is 5.92 Å². The maximum absolute atomic E-state index is 9.42. The van der Waals surface area contributed by atoms with Gasteiger partial charge in [0.2, 0.25) is 0 Å². The molecule has 0 aromatic rings. The fourth-order valence-electron chi connectivity index (χ4n) is 1.25. The van der Waals surface area contributed by atoms with Gasteiger partial charge < -0.3 is 5.11 Å². The Morgan fingerprint density at radius 3 is 1.55 bits per heavy atom. The summed E-state index contributed by atoms with van der Waals surface area (Å²) in [5, 5.41) is 10.5. The molecule has 1 N–H and O–H groups in total. The van der Waals surface area contributed by atoms with Crippen LogP contribution >= 0.6 is 11.8 Å². The van der Waals surface area contributed by atoms with E-state index in [1.807, 2.05) is 25.6 Å². The van der Waals surface area contributed by atoms with Crippen molar-refractivity contribution in [2.24, 2.45) is 5.92 Å². The molecular formula is C9H20OS. The topological polar surface area (TPSA) is 20.2 Å². The second-order valence-electron chi connectivity index (χ2n) is 2.90. The zero-order valence-electron chi connectivity index (χ0n) is 8.16. The first-order chi connectivity index (χ1) is 5.13. The summed E-state index contributed by atoms with van der Waals surface area (Å²) in [5.74, 6) is 0.477. The molecular weight excluding hydrogens is 156 g/mol. The van der Waals surface area contributed by atoms with Gasteiger partial charge in [-0.3, -0.25) is 0 Å². The molecule has 1 saturated heterocycles. The van der Waals surface area contributed by atoms with Gasteiger partial charge in [-0.2, -0.15) is 11.8 Å². The van der Waals surface area contributed by atoms with Crippen LogP contribution in [-0.4, -0.2) is 21.7 Å². The smallest absolute Gasteiger partial charge is 0.0692 e. The van der Waals surface area contributed by atoms with Gasteiger partial charge in [0.1, 0.15) is 0 Å². The summed E-state index contributed by atoms with van der Waals surface area (Å²) in [6.45, 7) is 10.4. The summed E-state index contributed by atoms with van der Waals surface area (Å²) in [7, 11) is 0. The highest BCUT2D eigenvalue weighted by Crippen LogP contribution is 2.37. The molecule has 4 atom stereocenters. The Balaban J connectivity index is 0.000000461. The number of hydrogen-bond acceptors (Lipinski definition) is 2. The van der Waals surface area contributed by atoms with Crippen molar-refractivity contribution in [1.29, 1.82) is 0 Å². The number of aliphatic hydroxyl groups excluding tert-OH is 1. The average Bonchev–Trinajstić information content (AvgIpc) is 2.22. The van der Waals surface area contributed by atoms with Crippen molar-refractivity contribution in [3.63, 3.8) is 0 Å². The molecule has 0 radical (unpaired) electrons. The third kappa shape index (κ3) is 2.68. The van der Waals surface area contributed by atoms with Crippen molar-refractivity contribution in [1.82, 2.24) is 0 Å². The Labute approximate surface area is 74.6 Å². The number of thioether (sulfide) groups is 1. The van der Waals surface area contributed by atoms with E-state index in [0.717, 1.165) is 0 Å². The lowest BCUT2D eigenvalue weighted by Crippen LogP contribution is -2.22. The first kappa shape index (κ1) is 11.3. The summed E-state index contributed by atoms with van der Waals surface area (Å²) in [5.41, 5.74) is 0. The van der Waals surface area contributed by atoms with E-state index < -0.39 is 0 Å². The standard InChI is InChI=1S/C7H14OS.C2H6/c1-4-5(2)9-6(3)7(4)8;1-2/h4-8H,1-3H3;1-2H3. The molecule has 0 saturated carbocycles. The van der Waals surface area contributed by atoms with E-state index in [9.17, 15) is 5.11 Å². The van der Waals surface area contributed by atoms with Crippen molar-refractivity contribution in [3.8, 4) is 0 Å². The molecule has 68 valence electrons. The molecule has 1 fully saturated rings. The molecule has 4 unspecified atom stereocenters. The molecule has 1 heterocycles. The molecule has 0 spiro atoms. The average molecular weight is 176 g/mol. The molecule has 0 aliphatic carbocycles. The van der Waals surface area contributed by atoms with Crippen LogP contribution in [0.4, 0.5) is 0 Å². The summed E-state index contributed by atoms with van der Waals surface area (Å²) < 4.78 is 0. The predicted molar refractivity (Wildman–Crippen MR) is 53.0 cm³/mol. The molecule has 2 heteroatoms. The van der Waals surface area contributed by atoms with Crippen LogP contribution < -0.4 is 0 Å². The van der Waals surface area contributed by atoms with E-state index in [-0.39, 0.29) is 6.10 Å². The highest BCUT2D eigenvalue weighted by Gasteiger charge is 2.34. The Morgan fingerprint density at radius 1 is 1.00 bits per heavy atom. The molecule has 1 nitrogen and oxygen atoms in total. The van der Waals surface area contributed by atoms with E-state index in [0.29, 0.717) is 16.4 Å². The summed E-state index contributed by atoms with van der Waals surface area (Å²) in [6.07, 6.45) is -0.0787. The largest absolute Gasteiger partial charge is 0.392 e. The lowest BCUT2D eigenvalue weighted by molar-refractivity contribution is 0.130. The van der Waals surface area contributed by atoms with Crippen molar-refractivity contribution in [3.05, 3.63) is 0 Å². The molecule has 1 aliphatic rings. The Bertz CT molecular complexity index is 93.7. The monoisotopic (exact) mass is 176 g/mol. The second kappa shape index (κ2) is 5.04. The minimum Gasteiger partial charge on any atom is -0.392 e. The highest BCUT2D eigenvalue weighted by molar-refractivity contribution is 8.00. The Kier molecular flexibility index (Phi) is 5.19. The van der Waals surface area contributed by atoms with Gasteiger partial charge in [-0.25, -0.2) is 0 Å². The quantitative estimate of drug-likeness (QED) is 0.612. The van der Waals surface area contributed by atoms with E-state index >= 15 is 0 Å². The molecule has 11 heavy (non-hydrogen) atoms. The van der Waals surface area contributed by atoms with Gasteiger partial charge in [-0.1, -0.05) is 34.6 Å². The lowest BCUT2D eigenvalue weighted by Gasteiger charge is -2.11. The molecule has 0 aromatic carbocycles. The van der Waals surface area contributed by atoms with Crippen LogP contribution in [-0.2, 0) is 0 Å². The number of aliphatic hydroxyl groups is 1.